The Morgan fingerprint density at radius 1 is 1.03 bits per heavy atom. The predicted octanol–water partition coefficient (Wildman–Crippen LogP) is 4.46. The summed E-state index contributed by atoms with van der Waals surface area (Å²) in [4.78, 5) is 24.5. The maximum atomic E-state index is 13.0. The fourth-order valence-electron chi connectivity index (χ4n) is 2.92. The van der Waals surface area contributed by atoms with Gasteiger partial charge in [-0.2, -0.15) is 0 Å². The molecule has 0 fully saturated rings. The molecule has 0 aliphatic carbocycles. The van der Waals surface area contributed by atoms with Gasteiger partial charge < -0.3 is 28.5 Å². The zero-order chi connectivity index (χ0) is 23.9. The Bertz CT molecular complexity index is 1270. The van der Waals surface area contributed by atoms with E-state index in [4.69, 9.17) is 23.2 Å². The number of furan rings is 1. The maximum Gasteiger partial charge on any atom is 0.338 e. The van der Waals surface area contributed by atoms with Gasteiger partial charge in [-0.05, 0) is 54.6 Å². The third kappa shape index (κ3) is 5.60. The first-order valence-corrected chi connectivity index (χ1v) is 10.0. The lowest BCUT2D eigenvalue weighted by molar-refractivity contribution is -0.118. The number of ether oxygens (including phenoxy) is 3. The minimum Gasteiger partial charge on any atom is -0.493 e. The van der Waals surface area contributed by atoms with Crippen LogP contribution in [0.2, 0.25) is 0 Å². The van der Waals surface area contributed by atoms with Crippen LogP contribution in [0.3, 0.4) is 0 Å². The molecule has 1 N–H and O–H groups in total. The van der Waals surface area contributed by atoms with E-state index in [-0.39, 0.29) is 30.3 Å². The number of rotatable bonds is 9. The van der Waals surface area contributed by atoms with Crippen molar-refractivity contribution in [1.29, 1.82) is 0 Å². The Labute approximate surface area is 193 Å². The van der Waals surface area contributed by atoms with Gasteiger partial charge in [-0.15, -0.1) is 0 Å². The standard InChI is InChI=1S/C24H19FN2O7/c1-30-21-11-15(24(29)33-13-18-12-22(34-27-18)19-3-2-10-31-19)4-9-20(21)32-14-23(28)26-17-7-5-16(25)6-8-17/h2-12H,13-14H2,1H3,(H,26,28). The average molecular weight is 466 g/mol. The molecule has 0 bridgehead atoms. The molecule has 4 rings (SSSR count). The topological polar surface area (TPSA) is 113 Å². The number of aromatic nitrogens is 1. The molecular weight excluding hydrogens is 447 g/mol. The van der Waals surface area contributed by atoms with Crippen LogP contribution in [-0.2, 0) is 16.1 Å². The van der Waals surface area contributed by atoms with Crippen LogP contribution in [0.4, 0.5) is 10.1 Å². The summed E-state index contributed by atoms with van der Waals surface area (Å²) in [6.07, 6.45) is 1.51. The molecule has 10 heteroatoms. The van der Waals surface area contributed by atoms with Gasteiger partial charge in [0.15, 0.2) is 23.9 Å². The molecule has 0 unspecified atom stereocenters. The Balaban J connectivity index is 1.32. The predicted molar refractivity (Wildman–Crippen MR) is 117 cm³/mol. The number of carbonyl (C=O) groups is 2. The number of methoxy groups -OCH3 is 1. The molecule has 0 saturated heterocycles. The molecular formula is C24H19FN2O7. The van der Waals surface area contributed by atoms with E-state index in [1.165, 1.54) is 55.8 Å². The SMILES string of the molecule is COc1cc(C(=O)OCc2cc(-c3ccco3)on2)ccc1OCC(=O)Nc1ccc(F)cc1. The second-order valence-electron chi connectivity index (χ2n) is 6.95. The lowest BCUT2D eigenvalue weighted by Crippen LogP contribution is -2.20. The number of esters is 1. The second-order valence-corrected chi connectivity index (χ2v) is 6.95. The van der Waals surface area contributed by atoms with Gasteiger partial charge in [-0.25, -0.2) is 9.18 Å². The van der Waals surface area contributed by atoms with E-state index in [0.29, 0.717) is 22.9 Å². The smallest absolute Gasteiger partial charge is 0.338 e. The number of halogens is 1. The van der Waals surface area contributed by atoms with E-state index < -0.39 is 17.7 Å². The molecule has 4 aromatic rings. The Kier molecular flexibility index (Phi) is 6.87. The third-order valence-corrected chi connectivity index (χ3v) is 4.56. The molecule has 2 aromatic carbocycles. The molecule has 174 valence electrons. The van der Waals surface area contributed by atoms with Crippen LogP contribution >= 0.6 is 0 Å². The van der Waals surface area contributed by atoms with E-state index in [1.807, 2.05) is 0 Å². The fourth-order valence-corrected chi connectivity index (χ4v) is 2.92. The minimum atomic E-state index is -0.610. The van der Waals surface area contributed by atoms with Crippen molar-refractivity contribution in [3.05, 3.63) is 84.0 Å². The van der Waals surface area contributed by atoms with Gasteiger partial charge in [-0.3, -0.25) is 4.79 Å². The van der Waals surface area contributed by atoms with Gasteiger partial charge in [-0.1, -0.05) is 5.16 Å². The Morgan fingerprint density at radius 3 is 2.59 bits per heavy atom. The Hall–Kier alpha value is -4.60. The number of nitrogens with zero attached hydrogens (tertiary/aromatic N) is 1. The van der Waals surface area contributed by atoms with Gasteiger partial charge in [0.2, 0.25) is 5.76 Å². The first-order valence-electron chi connectivity index (χ1n) is 10.0. The molecule has 0 saturated carbocycles. The van der Waals surface area contributed by atoms with E-state index in [9.17, 15) is 14.0 Å². The van der Waals surface area contributed by atoms with Crippen molar-refractivity contribution in [2.45, 2.75) is 6.61 Å². The molecule has 0 aliphatic rings. The summed E-state index contributed by atoms with van der Waals surface area (Å²) in [7, 11) is 1.40. The van der Waals surface area contributed by atoms with Gasteiger partial charge in [0.25, 0.3) is 5.91 Å². The highest BCUT2D eigenvalue weighted by Crippen LogP contribution is 2.29. The number of anilines is 1. The summed E-state index contributed by atoms with van der Waals surface area (Å²) in [6.45, 7) is -0.422. The normalized spacial score (nSPS) is 10.5. The summed E-state index contributed by atoms with van der Waals surface area (Å²) in [5.41, 5.74) is 1.07. The number of nitrogens with one attached hydrogen (secondary N) is 1. The van der Waals surface area contributed by atoms with Crippen LogP contribution < -0.4 is 14.8 Å². The average Bonchev–Trinajstić information content (AvgIpc) is 3.55. The van der Waals surface area contributed by atoms with E-state index in [1.54, 1.807) is 18.2 Å². The number of carbonyl (C=O) groups excluding carboxylic acids is 2. The molecule has 0 spiro atoms. The summed E-state index contributed by atoms with van der Waals surface area (Å²) in [6, 6.07) is 14.8. The minimum absolute atomic E-state index is 0.104. The Morgan fingerprint density at radius 2 is 1.85 bits per heavy atom. The number of hydrogen-bond acceptors (Lipinski definition) is 8. The van der Waals surface area contributed by atoms with Gasteiger partial charge in [0, 0.05) is 11.8 Å². The van der Waals surface area contributed by atoms with Crippen LogP contribution in [0.5, 0.6) is 11.5 Å². The quantitative estimate of drug-likeness (QED) is 0.360. The molecule has 0 aliphatic heterocycles. The first kappa shape index (κ1) is 22.6. The van der Waals surface area contributed by atoms with Gasteiger partial charge in [0.05, 0.1) is 18.9 Å². The van der Waals surface area contributed by atoms with E-state index >= 15 is 0 Å². The fraction of sp³-hybridized carbons (Fsp3) is 0.125. The molecule has 0 radical (unpaired) electrons. The highest BCUT2D eigenvalue weighted by Gasteiger charge is 2.16. The largest absolute Gasteiger partial charge is 0.493 e. The second kappa shape index (κ2) is 10.3. The summed E-state index contributed by atoms with van der Waals surface area (Å²) in [5, 5.41) is 6.43. The monoisotopic (exact) mass is 466 g/mol. The van der Waals surface area contributed by atoms with Crippen molar-refractivity contribution in [2.24, 2.45) is 0 Å². The molecule has 1 amide bonds. The summed E-state index contributed by atoms with van der Waals surface area (Å²) < 4.78 is 39.4. The lowest BCUT2D eigenvalue weighted by atomic mass is 10.2. The van der Waals surface area contributed by atoms with Gasteiger partial charge in [0.1, 0.15) is 18.1 Å². The van der Waals surface area contributed by atoms with Crippen molar-refractivity contribution in [3.63, 3.8) is 0 Å². The van der Waals surface area contributed by atoms with Crippen molar-refractivity contribution < 1.29 is 37.1 Å². The lowest BCUT2D eigenvalue weighted by Gasteiger charge is -2.12. The molecule has 2 aromatic heterocycles. The molecule has 0 atom stereocenters. The first-order chi connectivity index (χ1) is 16.5. The van der Waals surface area contributed by atoms with Crippen LogP contribution in [0.15, 0.2) is 75.9 Å². The molecule has 9 nitrogen and oxygen atoms in total. The number of amides is 1. The van der Waals surface area contributed by atoms with Crippen LogP contribution in [0.1, 0.15) is 16.1 Å². The number of benzene rings is 2. The van der Waals surface area contributed by atoms with Crippen molar-refractivity contribution in [2.75, 3.05) is 19.0 Å². The maximum absolute atomic E-state index is 13.0. The van der Waals surface area contributed by atoms with Crippen molar-refractivity contribution >= 4 is 17.6 Å². The van der Waals surface area contributed by atoms with E-state index in [0.717, 1.165) is 0 Å². The highest BCUT2D eigenvalue weighted by molar-refractivity contribution is 5.92. The molecule has 2 heterocycles. The number of hydrogen-bond donors (Lipinski definition) is 1. The highest BCUT2D eigenvalue weighted by atomic mass is 19.1. The third-order valence-electron chi connectivity index (χ3n) is 4.56. The zero-order valence-corrected chi connectivity index (χ0v) is 17.9. The summed E-state index contributed by atoms with van der Waals surface area (Å²) in [5.74, 6) is -0.0321. The van der Waals surface area contributed by atoms with Crippen LogP contribution in [0, 0.1) is 5.82 Å². The van der Waals surface area contributed by atoms with Crippen molar-refractivity contribution in [3.8, 4) is 23.0 Å². The summed E-state index contributed by atoms with van der Waals surface area (Å²) >= 11 is 0. The van der Waals surface area contributed by atoms with Crippen molar-refractivity contribution in [1.82, 2.24) is 5.16 Å². The molecule has 34 heavy (non-hydrogen) atoms. The van der Waals surface area contributed by atoms with E-state index in [2.05, 4.69) is 10.5 Å². The van der Waals surface area contributed by atoms with Gasteiger partial charge >= 0.3 is 5.97 Å². The van der Waals surface area contributed by atoms with Crippen LogP contribution in [0.25, 0.3) is 11.5 Å². The zero-order valence-electron chi connectivity index (χ0n) is 17.9. The van der Waals surface area contributed by atoms with Crippen LogP contribution in [-0.4, -0.2) is 30.7 Å².